The fourth-order valence-electron chi connectivity index (χ4n) is 5.77. The molecule has 5 rings (SSSR count). The highest BCUT2D eigenvalue weighted by atomic mass is 19.1. The minimum Gasteiger partial charge on any atom is -0.496 e. The predicted octanol–water partition coefficient (Wildman–Crippen LogP) is 5.63. The molecule has 2 aromatic rings. The molecular formula is C27H33FN2O4. The zero-order valence-electron chi connectivity index (χ0n) is 20.0. The summed E-state index contributed by atoms with van der Waals surface area (Å²) in [5.41, 5.74) is 2.05. The maximum absolute atomic E-state index is 13.8. The summed E-state index contributed by atoms with van der Waals surface area (Å²) >= 11 is 0. The largest absolute Gasteiger partial charge is 0.496 e. The van der Waals surface area contributed by atoms with Crippen molar-refractivity contribution in [2.75, 3.05) is 38.8 Å². The van der Waals surface area contributed by atoms with E-state index < -0.39 is 0 Å². The molecule has 2 amide bonds. The summed E-state index contributed by atoms with van der Waals surface area (Å²) < 4.78 is 30.9. The van der Waals surface area contributed by atoms with Crippen molar-refractivity contribution >= 4 is 11.7 Å². The lowest BCUT2D eigenvalue weighted by molar-refractivity contribution is -0.0419. The molecule has 0 aromatic heterocycles. The van der Waals surface area contributed by atoms with Crippen LogP contribution in [0.25, 0.3) is 0 Å². The second-order valence-corrected chi connectivity index (χ2v) is 9.94. The van der Waals surface area contributed by atoms with Crippen molar-refractivity contribution in [2.45, 2.75) is 45.1 Å². The molecule has 0 bridgehead atoms. The van der Waals surface area contributed by atoms with Crippen molar-refractivity contribution in [2.24, 2.45) is 11.3 Å². The van der Waals surface area contributed by atoms with Crippen LogP contribution in [-0.4, -0.2) is 44.8 Å². The van der Waals surface area contributed by atoms with Gasteiger partial charge in [-0.15, -0.1) is 0 Å². The molecule has 3 aliphatic rings. The number of halogens is 1. The van der Waals surface area contributed by atoms with Gasteiger partial charge in [-0.3, -0.25) is 4.90 Å². The van der Waals surface area contributed by atoms with Crippen molar-refractivity contribution in [3.63, 3.8) is 0 Å². The SMILES string of the molecule is COc1ccc(F)cc1CN1CCCN(c2ccc(OC)c(OCC3CC4(CCC4)C3)c2)C1=O. The van der Waals surface area contributed by atoms with Crippen molar-refractivity contribution in [1.29, 1.82) is 0 Å². The van der Waals surface area contributed by atoms with Gasteiger partial charge in [-0.1, -0.05) is 6.42 Å². The number of amides is 2. The van der Waals surface area contributed by atoms with Gasteiger partial charge in [0.1, 0.15) is 11.6 Å². The molecule has 7 heteroatoms. The van der Waals surface area contributed by atoms with Crippen LogP contribution in [0.4, 0.5) is 14.9 Å². The summed E-state index contributed by atoms with van der Waals surface area (Å²) in [4.78, 5) is 16.9. The highest BCUT2D eigenvalue weighted by Gasteiger charge is 2.48. The van der Waals surface area contributed by atoms with Crippen LogP contribution in [0, 0.1) is 17.2 Å². The van der Waals surface area contributed by atoms with Crippen molar-refractivity contribution in [3.05, 3.63) is 47.8 Å². The number of benzene rings is 2. The van der Waals surface area contributed by atoms with Gasteiger partial charge in [0.15, 0.2) is 11.5 Å². The molecule has 182 valence electrons. The molecule has 2 saturated carbocycles. The van der Waals surface area contributed by atoms with Gasteiger partial charge in [-0.05, 0) is 73.8 Å². The Morgan fingerprint density at radius 3 is 2.44 bits per heavy atom. The van der Waals surface area contributed by atoms with Gasteiger partial charge >= 0.3 is 6.03 Å². The van der Waals surface area contributed by atoms with E-state index in [0.29, 0.717) is 60.4 Å². The second-order valence-electron chi connectivity index (χ2n) is 9.94. The monoisotopic (exact) mass is 468 g/mol. The van der Waals surface area contributed by atoms with E-state index in [9.17, 15) is 9.18 Å². The average molecular weight is 469 g/mol. The van der Waals surface area contributed by atoms with E-state index in [1.54, 1.807) is 30.1 Å². The first kappa shape index (κ1) is 22.8. The third kappa shape index (κ3) is 4.40. The lowest BCUT2D eigenvalue weighted by atomic mass is 9.52. The Morgan fingerprint density at radius 2 is 1.74 bits per heavy atom. The number of methoxy groups -OCH3 is 2. The molecule has 0 N–H and O–H groups in total. The number of hydrogen-bond donors (Lipinski definition) is 0. The summed E-state index contributed by atoms with van der Waals surface area (Å²) in [6, 6.07) is 9.93. The first-order chi connectivity index (χ1) is 16.5. The number of ether oxygens (including phenoxy) is 3. The topological polar surface area (TPSA) is 51.2 Å². The molecule has 1 aliphatic heterocycles. The van der Waals surface area contributed by atoms with Gasteiger partial charge in [-0.2, -0.15) is 0 Å². The molecule has 1 spiro atoms. The molecule has 6 nitrogen and oxygen atoms in total. The summed E-state index contributed by atoms with van der Waals surface area (Å²) in [5, 5.41) is 0. The molecule has 1 heterocycles. The van der Waals surface area contributed by atoms with Gasteiger partial charge in [0, 0.05) is 30.4 Å². The molecular weight excluding hydrogens is 435 g/mol. The van der Waals surface area contributed by atoms with Crippen LogP contribution in [0.5, 0.6) is 17.2 Å². The van der Waals surface area contributed by atoms with Crippen LogP contribution in [0.15, 0.2) is 36.4 Å². The van der Waals surface area contributed by atoms with Crippen LogP contribution >= 0.6 is 0 Å². The maximum Gasteiger partial charge on any atom is 0.324 e. The zero-order chi connectivity index (χ0) is 23.7. The number of nitrogens with zero attached hydrogens (tertiary/aromatic N) is 2. The third-order valence-electron chi connectivity index (χ3n) is 7.71. The number of hydrogen-bond acceptors (Lipinski definition) is 4. The summed E-state index contributed by atoms with van der Waals surface area (Å²) in [6.07, 6.45) is 7.46. The molecule has 0 atom stereocenters. The number of urea groups is 1. The van der Waals surface area contributed by atoms with E-state index in [0.717, 1.165) is 12.1 Å². The van der Waals surface area contributed by atoms with E-state index >= 15 is 0 Å². The Bertz CT molecular complexity index is 1050. The van der Waals surface area contributed by atoms with Crippen molar-refractivity contribution in [1.82, 2.24) is 4.90 Å². The molecule has 0 radical (unpaired) electrons. The Labute approximate surface area is 200 Å². The van der Waals surface area contributed by atoms with Crippen LogP contribution in [0.2, 0.25) is 0 Å². The van der Waals surface area contributed by atoms with Crippen LogP contribution < -0.4 is 19.1 Å². The Balaban J connectivity index is 1.28. The lowest BCUT2D eigenvalue weighted by Gasteiger charge is -2.54. The Kier molecular flexibility index (Phi) is 6.28. The highest BCUT2D eigenvalue weighted by Crippen LogP contribution is 2.58. The number of carbonyl (C=O) groups excluding carboxylic acids is 1. The van der Waals surface area contributed by atoms with Crippen LogP contribution in [0.1, 0.15) is 44.1 Å². The molecule has 34 heavy (non-hydrogen) atoms. The fraction of sp³-hybridized carbons (Fsp3) is 0.519. The molecule has 0 unspecified atom stereocenters. The minimum absolute atomic E-state index is 0.111. The number of carbonyl (C=O) groups is 1. The fourth-order valence-corrected chi connectivity index (χ4v) is 5.77. The van der Waals surface area contributed by atoms with Gasteiger partial charge in [0.25, 0.3) is 0 Å². The molecule has 1 saturated heterocycles. The van der Waals surface area contributed by atoms with E-state index in [4.69, 9.17) is 14.2 Å². The van der Waals surface area contributed by atoms with E-state index in [-0.39, 0.29) is 11.8 Å². The van der Waals surface area contributed by atoms with E-state index in [1.165, 1.54) is 44.2 Å². The maximum atomic E-state index is 13.8. The van der Waals surface area contributed by atoms with Gasteiger partial charge in [-0.25, -0.2) is 9.18 Å². The average Bonchev–Trinajstić information content (AvgIpc) is 2.78. The zero-order valence-corrected chi connectivity index (χ0v) is 20.0. The minimum atomic E-state index is -0.344. The summed E-state index contributed by atoms with van der Waals surface area (Å²) in [6.45, 7) is 2.20. The second kappa shape index (κ2) is 9.35. The standard InChI is InChI=1S/C27H33FN2O4/c1-32-23-7-5-21(28)13-20(23)17-29-11-4-12-30(26(29)31)22-6-8-24(33-2)25(14-22)34-18-19-15-27(16-19)9-3-10-27/h5-8,13-14,19H,3-4,9-12,15-18H2,1-2H3. The molecule has 2 aromatic carbocycles. The summed E-state index contributed by atoms with van der Waals surface area (Å²) in [7, 11) is 3.18. The Hall–Kier alpha value is -2.96. The number of rotatable bonds is 8. The smallest absolute Gasteiger partial charge is 0.324 e. The first-order valence-electron chi connectivity index (χ1n) is 12.2. The predicted molar refractivity (Wildman–Crippen MR) is 128 cm³/mol. The third-order valence-corrected chi connectivity index (χ3v) is 7.71. The number of anilines is 1. The molecule has 3 fully saturated rings. The van der Waals surface area contributed by atoms with E-state index in [2.05, 4.69) is 0 Å². The van der Waals surface area contributed by atoms with Gasteiger partial charge in [0.05, 0.1) is 27.4 Å². The quantitative estimate of drug-likeness (QED) is 0.504. The van der Waals surface area contributed by atoms with Crippen LogP contribution in [-0.2, 0) is 6.54 Å². The molecule has 2 aliphatic carbocycles. The van der Waals surface area contributed by atoms with Crippen LogP contribution in [0.3, 0.4) is 0 Å². The lowest BCUT2D eigenvalue weighted by Crippen LogP contribution is -2.49. The Morgan fingerprint density at radius 1 is 0.971 bits per heavy atom. The van der Waals surface area contributed by atoms with Gasteiger partial charge < -0.3 is 19.1 Å². The van der Waals surface area contributed by atoms with Crippen molar-refractivity contribution < 1.29 is 23.4 Å². The normalized spacial score (nSPS) is 19.6. The first-order valence-corrected chi connectivity index (χ1v) is 12.2. The highest BCUT2D eigenvalue weighted by molar-refractivity contribution is 5.93. The van der Waals surface area contributed by atoms with E-state index in [1.807, 2.05) is 18.2 Å². The van der Waals surface area contributed by atoms with Gasteiger partial charge in [0.2, 0.25) is 0 Å². The van der Waals surface area contributed by atoms with Crippen molar-refractivity contribution in [3.8, 4) is 17.2 Å². The summed E-state index contributed by atoms with van der Waals surface area (Å²) in [5.74, 6) is 2.18.